The molecule has 0 saturated carbocycles. The van der Waals surface area contributed by atoms with Crippen molar-refractivity contribution in [3.63, 3.8) is 0 Å². The smallest absolute Gasteiger partial charge is 0.0994 e. The molecule has 3 heteroatoms. The summed E-state index contributed by atoms with van der Waals surface area (Å²) < 4.78 is 6.03. The van der Waals surface area contributed by atoms with Crippen LogP contribution in [0.15, 0.2) is 54.6 Å². The van der Waals surface area contributed by atoms with Crippen molar-refractivity contribution in [2.24, 2.45) is 0 Å². The summed E-state index contributed by atoms with van der Waals surface area (Å²) in [5, 5.41) is 17.5. The van der Waals surface area contributed by atoms with Crippen LogP contribution in [-0.4, -0.2) is 35.9 Å². The lowest BCUT2D eigenvalue weighted by Crippen LogP contribution is -2.37. The molecule has 4 aromatic rings. The van der Waals surface area contributed by atoms with Gasteiger partial charge in [0.15, 0.2) is 0 Å². The van der Waals surface area contributed by atoms with Gasteiger partial charge >= 0.3 is 0 Å². The first kappa shape index (κ1) is 16.0. The van der Waals surface area contributed by atoms with Crippen LogP contribution in [0.4, 0.5) is 0 Å². The van der Waals surface area contributed by atoms with Gasteiger partial charge in [-0.25, -0.2) is 0 Å². The summed E-state index contributed by atoms with van der Waals surface area (Å²) in [5.41, 5.74) is 1.24. The summed E-state index contributed by atoms with van der Waals surface area (Å²) in [6, 6.07) is 19.8. The van der Waals surface area contributed by atoms with Gasteiger partial charge in [-0.05, 0) is 50.7 Å². The first-order valence-corrected chi connectivity index (χ1v) is 9.43. The Bertz CT molecular complexity index is 1030. The zero-order chi connectivity index (χ0) is 17.5. The van der Waals surface area contributed by atoms with Crippen molar-refractivity contribution >= 4 is 32.3 Å². The number of rotatable bonds is 4. The molecule has 132 valence electrons. The highest BCUT2D eigenvalue weighted by Crippen LogP contribution is 2.36. The first-order valence-electron chi connectivity index (χ1n) is 9.43. The van der Waals surface area contributed by atoms with Gasteiger partial charge in [0.2, 0.25) is 0 Å². The number of nitrogens with zero attached hydrogens (tertiary/aromatic N) is 1. The number of aliphatic hydroxyl groups is 1. The van der Waals surface area contributed by atoms with E-state index in [0.717, 1.165) is 25.9 Å². The molecule has 0 atom stereocenters. The molecule has 1 aliphatic rings. The third kappa shape index (κ3) is 2.73. The van der Waals surface area contributed by atoms with Crippen LogP contribution in [0.1, 0.15) is 18.4 Å². The summed E-state index contributed by atoms with van der Waals surface area (Å²) in [7, 11) is 0. The van der Waals surface area contributed by atoms with E-state index in [2.05, 4.69) is 59.5 Å². The summed E-state index contributed by atoms with van der Waals surface area (Å²) in [6.07, 6.45) is 1.56. The van der Waals surface area contributed by atoms with Crippen LogP contribution in [0.5, 0.6) is 0 Å². The van der Waals surface area contributed by atoms with E-state index >= 15 is 0 Å². The van der Waals surface area contributed by atoms with E-state index in [0.29, 0.717) is 13.3 Å². The highest BCUT2D eigenvalue weighted by molar-refractivity contribution is 6.23. The fraction of sp³-hybridized carbons (Fsp3) is 0.304. The average Bonchev–Trinajstić information content (AvgIpc) is 2.68. The Hall–Kier alpha value is -2.20. The third-order valence-electron chi connectivity index (χ3n) is 5.71. The van der Waals surface area contributed by atoms with Gasteiger partial charge in [0.05, 0.1) is 19.4 Å². The van der Waals surface area contributed by atoms with E-state index in [1.165, 1.54) is 37.9 Å². The lowest BCUT2D eigenvalue weighted by atomic mass is 9.92. The molecule has 4 aromatic carbocycles. The van der Waals surface area contributed by atoms with Crippen molar-refractivity contribution in [2.75, 3.05) is 19.8 Å². The fourth-order valence-corrected chi connectivity index (χ4v) is 4.25. The van der Waals surface area contributed by atoms with E-state index in [1.54, 1.807) is 0 Å². The summed E-state index contributed by atoms with van der Waals surface area (Å²) in [5.74, 6) is 0. The van der Waals surface area contributed by atoms with Crippen LogP contribution >= 0.6 is 0 Å². The van der Waals surface area contributed by atoms with Gasteiger partial charge in [-0.15, -0.1) is 0 Å². The van der Waals surface area contributed by atoms with Gasteiger partial charge in [0.25, 0.3) is 0 Å². The SMILES string of the molecule is OC1CCN(COCc2ccc3ccc4cccc5ccc2c3c45)CC1. The predicted molar refractivity (Wildman–Crippen MR) is 107 cm³/mol. The predicted octanol–water partition coefficient (Wildman–Crippen LogP) is 4.51. The number of aliphatic hydroxyl groups excluding tert-OH is 1. The van der Waals surface area contributed by atoms with E-state index in [4.69, 9.17) is 4.74 Å². The van der Waals surface area contributed by atoms with Crippen molar-refractivity contribution in [1.29, 1.82) is 0 Å². The minimum Gasteiger partial charge on any atom is -0.393 e. The third-order valence-corrected chi connectivity index (χ3v) is 5.71. The van der Waals surface area contributed by atoms with Crippen molar-refractivity contribution < 1.29 is 9.84 Å². The van der Waals surface area contributed by atoms with Crippen LogP contribution in [0.25, 0.3) is 32.3 Å². The molecule has 26 heavy (non-hydrogen) atoms. The van der Waals surface area contributed by atoms with E-state index in [-0.39, 0.29) is 6.10 Å². The zero-order valence-electron chi connectivity index (χ0n) is 14.8. The monoisotopic (exact) mass is 345 g/mol. The van der Waals surface area contributed by atoms with Crippen molar-refractivity contribution in [3.8, 4) is 0 Å². The quantitative estimate of drug-likeness (QED) is 0.552. The average molecular weight is 345 g/mol. The highest BCUT2D eigenvalue weighted by atomic mass is 16.5. The maximum Gasteiger partial charge on any atom is 0.0994 e. The molecule has 0 radical (unpaired) electrons. The van der Waals surface area contributed by atoms with Crippen LogP contribution in [0, 0.1) is 0 Å². The number of piperidine rings is 1. The Morgan fingerprint density at radius 1 is 0.846 bits per heavy atom. The topological polar surface area (TPSA) is 32.7 Å². The molecule has 0 aliphatic carbocycles. The molecule has 0 aromatic heterocycles. The van der Waals surface area contributed by atoms with E-state index in [1.807, 2.05) is 0 Å². The highest BCUT2D eigenvalue weighted by Gasteiger charge is 2.17. The second-order valence-corrected chi connectivity index (χ2v) is 7.41. The molecule has 1 N–H and O–H groups in total. The van der Waals surface area contributed by atoms with Gasteiger partial charge in [-0.2, -0.15) is 0 Å². The maximum atomic E-state index is 9.62. The molecule has 0 amide bonds. The molecule has 1 aliphatic heterocycles. The van der Waals surface area contributed by atoms with Crippen LogP contribution in [0.2, 0.25) is 0 Å². The van der Waals surface area contributed by atoms with E-state index in [9.17, 15) is 5.11 Å². The largest absolute Gasteiger partial charge is 0.393 e. The molecule has 0 unspecified atom stereocenters. The zero-order valence-corrected chi connectivity index (χ0v) is 14.8. The Kier molecular flexibility index (Phi) is 4.01. The Morgan fingerprint density at radius 2 is 1.50 bits per heavy atom. The fourth-order valence-electron chi connectivity index (χ4n) is 4.25. The van der Waals surface area contributed by atoms with Gasteiger partial charge < -0.3 is 9.84 Å². The number of likely N-dealkylation sites (tertiary alicyclic amines) is 1. The van der Waals surface area contributed by atoms with Crippen LogP contribution in [0.3, 0.4) is 0 Å². The van der Waals surface area contributed by atoms with Crippen molar-refractivity contribution in [1.82, 2.24) is 4.90 Å². The molecule has 3 nitrogen and oxygen atoms in total. The standard InChI is InChI=1S/C23H23NO2/c25-20-10-12-24(13-11-20)15-26-14-19-7-6-18-5-4-16-2-1-3-17-8-9-21(19)23(18)22(16)17/h1-9,20,25H,10-15H2. The van der Waals surface area contributed by atoms with Gasteiger partial charge in [0, 0.05) is 13.1 Å². The molecule has 0 spiro atoms. The Morgan fingerprint density at radius 3 is 2.27 bits per heavy atom. The maximum absolute atomic E-state index is 9.62. The summed E-state index contributed by atoms with van der Waals surface area (Å²) in [4.78, 5) is 2.28. The van der Waals surface area contributed by atoms with Crippen molar-refractivity contribution in [3.05, 3.63) is 60.2 Å². The normalized spacial score (nSPS) is 17.0. The van der Waals surface area contributed by atoms with Gasteiger partial charge in [-0.3, -0.25) is 4.90 Å². The molecule has 1 saturated heterocycles. The minimum absolute atomic E-state index is 0.135. The molecular formula is C23H23NO2. The molecule has 0 bridgehead atoms. The summed E-state index contributed by atoms with van der Waals surface area (Å²) in [6.45, 7) is 3.08. The van der Waals surface area contributed by atoms with Gasteiger partial charge in [0.1, 0.15) is 0 Å². The molecular weight excluding hydrogens is 322 g/mol. The van der Waals surface area contributed by atoms with Crippen LogP contribution < -0.4 is 0 Å². The van der Waals surface area contributed by atoms with Gasteiger partial charge in [-0.1, -0.05) is 54.6 Å². The first-order chi connectivity index (χ1) is 12.8. The number of hydrogen-bond acceptors (Lipinski definition) is 3. The number of benzene rings is 4. The number of hydrogen-bond donors (Lipinski definition) is 1. The second kappa shape index (κ2) is 6.51. The second-order valence-electron chi connectivity index (χ2n) is 7.41. The van der Waals surface area contributed by atoms with Crippen LogP contribution in [-0.2, 0) is 11.3 Å². The van der Waals surface area contributed by atoms with Crippen molar-refractivity contribution in [2.45, 2.75) is 25.6 Å². The molecule has 1 heterocycles. The van der Waals surface area contributed by atoms with E-state index < -0.39 is 0 Å². The molecule has 5 rings (SSSR count). The Labute approximate surface area is 153 Å². The Balaban J connectivity index is 1.44. The number of ether oxygens (including phenoxy) is 1. The lowest BCUT2D eigenvalue weighted by molar-refractivity contribution is -0.0129. The lowest BCUT2D eigenvalue weighted by Gasteiger charge is -2.29. The minimum atomic E-state index is -0.135. The summed E-state index contributed by atoms with van der Waals surface area (Å²) >= 11 is 0. The molecule has 1 fully saturated rings.